The second-order valence-electron chi connectivity index (χ2n) is 11.5. The third-order valence-electron chi connectivity index (χ3n) is 7.27. The largest absolute Gasteiger partial charge is 0.396 e. The Balaban J connectivity index is 0.000000230. The van der Waals surface area contributed by atoms with Crippen LogP contribution in [0.15, 0.2) is 95.4 Å². The van der Waals surface area contributed by atoms with E-state index in [9.17, 15) is 4.79 Å². The summed E-state index contributed by atoms with van der Waals surface area (Å²) >= 11 is 0. The number of terminal acetylenes is 1. The highest BCUT2D eigenvalue weighted by Crippen LogP contribution is 2.15. The molecule has 0 aliphatic heterocycles. The van der Waals surface area contributed by atoms with Crippen LogP contribution in [0.4, 0.5) is 0 Å². The number of Topliss-reactive ketones (excluding diaryl/α,β-unsaturated/α-hetero) is 1. The fourth-order valence-electron chi connectivity index (χ4n) is 4.68. The molecule has 0 aliphatic rings. The maximum Gasteiger partial charge on any atom is 0.253 e. The topological polar surface area (TPSA) is 138 Å². The molecule has 0 fully saturated rings. The van der Waals surface area contributed by atoms with Crippen LogP contribution in [-0.2, 0) is 22.5 Å². The third-order valence-corrected chi connectivity index (χ3v) is 7.27. The molecule has 0 unspecified atom stereocenters. The Morgan fingerprint density at radius 1 is 0.647 bits per heavy atom. The summed E-state index contributed by atoms with van der Waals surface area (Å²) in [6, 6.07) is 24.7. The lowest BCUT2D eigenvalue weighted by atomic mass is 10.2. The van der Waals surface area contributed by atoms with E-state index in [1.54, 1.807) is 18.3 Å². The Bertz CT molecular complexity index is 2020. The SMILES string of the molecule is C#CC(=O)c1cccc(CCCO/N=C(\C)c2cccc(C)n2)n1.C/C(=N\OCCCc1cccc(-c2ccnc(C)n2)n1)c1cccc(C)n1. The Labute approximate surface area is 299 Å². The van der Waals surface area contributed by atoms with Crippen molar-refractivity contribution in [2.24, 2.45) is 10.3 Å². The highest BCUT2D eigenvalue weighted by Gasteiger charge is 2.06. The van der Waals surface area contributed by atoms with Gasteiger partial charge in [-0.1, -0.05) is 34.6 Å². The van der Waals surface area contributed by atoms with Gasteiger partial charge in [-0.15, -0.1) is 6.42 Å². The first kappa shape index (κ1) is 37.7. The maximum absolute atomic E-state index is 11.4. The second-order valence-corrected chi connectivity index (χ2v) is 11.5. The molecule has 51 heavy (non-hydrogen) atoms. The van der Waals surface area contributed by atoms with Crippen molar-refractivity contribution >= 4 is 17.2 Å². The third kappa shape index (κ3) is 12.7. The molecule has 0 atom stereocenters. The van der Waals surface area contributed by atoms with Crippen molar-refractivity contribution in [2.75, 3.05) is 13.2 Å². The van der Waals surface area contributed by atoms with Crippen LogP contribution in [0.3, 0.4) is 0 Å². The van der Waals surface area contributed by atoms with Crippen LogP contribution in [0.25, 0.3) is 11.4 Å². The van der Waals surface area contributed by atoms with Gasteiger partial charge in [-0.3, -0.25) is 19.7 Å². The zero-order chi connectivity index (χ0) is 36.4. The van der Waals surface area contributed by atoms with Crippen molar-refractivity contribution in [3.63, 3.8) is 0 Å². The maximum atomic E-state index is 11.4. The van der Waals surface area contributed by atoms with E-state index in [4.69, 9.17) is 16.1 Å². The van der Waals surface area contributed by atoms with Crippen LogP contribution in [0, 0.1) is 33.1 Å². The Morgan fingerprint density at radius 3 is 1.71 bits per heavy atom. The first-order valence-electron chi connectivity index (χ1n) is 16.7. The van der Waals surface area contributed by atoms with Gasteiger partial charge in [0.1, 0.15) is 36.2 Å². The standard InChI is InChI=1S/C21H23N5O.C19H19N3O2/c1-15-7-4-10-19(23-15)16(2)26-27-14-6-9-18-8-5-11-20(25-18)21-12-13-22-17(3)24-21;1-4-19(23)18-12-6-9-16(21-18)10-7-13-24-22-15(3)17-11-5-8-14(2)20-17/h4-5,7-8,10-13H,6,9,14H2,1-3H3;1,5-6,8-9,11-12H,7,10,13H2,2-3H3/b26-16+;22-15+. The molecule has 260 valence electrons. The van der Waals surface area contributed by atoms with E-state index in [-0.39, 0.29) is 0 Å². The van der Waals surface area contributed by atoms with E-state index in [2.05, 4.69) is 46.1 Å². The summed E-state index contributed by atoms with van der Waals surface area (Å²) < 4.78 is 0. The normalized spacial score (nSPS) is 11.2. The van der Waals surface area contributed by atoms with Crippen LogP contribution in [-0.4, -0.2) is 60.3 Å². The molecule has 0 saturated carbocycles. The van der Waals surface area contributed by atoms with E-state index < -0.39 is 5.78 Å². The van der Waals surface area contributed by atoms with Crippen LogP contribution >= 0.6 is 0 Å². The first-order chi connectivity index (χ1) is 24.7. The molecule has 0 amide bonds. The van der Waals surface area contributed by atoms with Crippen LogP contribution < -0.4 is 0 Å². The molecule has 5 heterocycles. The average Bonchev–Trinajstić information content (AvgIpc) is 3.14. The van der Waals surface area contributed by atoms with Gasteiger partial charge in [-0.25, -0.2) is 15.0 Å². The van der Waals surface area contributed by atoms with Crippen LogP contribution in [0.2, 0.25) is 0 Å². The Kier molecular flexibility index (Phi) is 14.6. The number of pyridine rings is 4. The first-order valence-corrected chi connectivity index (χ1v) is 16.7. The molecular formula is C40H42N8O3. The van der Waals surface area contributed by atoms with E-state index >= 15 is 0 Å². The molecule has 11 nitrogen and oxygen atoms in total. The number of nitrogens with zero attached hydrogens (tertiary/aromatic N) is 8. The highest BCUT2D eigenvalue weighted by molar-refractivity contribution is 6.07. The van der Waals surface area contributed by atoms with Gasteiger partial charge in [0.25, 0.3) is 5.78 Å². The summed E-state index contributed by atoms with van der Waals surface area (Å²) in [7, 11) is 0. The molecule has 0 radical (unpaired) electrons. The summed E-state index contributed by atoms with van der Waals surface area (Å²) in [5, 5.41) is 8.24. The van der Waals surface area contributed by atoms with Crippen molar-refractivity contribution in [1.29, 1.82) is 0 Å². The summed E-state index contributed by atoms with van der Waals surface area (Å²) in [4.78, 5) is 48.5. The van der Waals surface area contributed by atoms with Gasteiger partial charge in [0, 0.05) is 29.0 Å². The fourth-order valence-corrected chi connectivity index (χ4v) is 4.68. The number of hydrogen-bond acceptors (Lipinski definition) is 11. The summed E-state index contributed by atoms with van der Waals surface area (Å²) in [5.41, 5.74) is 8.87. The Morgan fingerprint density at radius 2 is 1.16 bits per heavy atom. The molecule has 0 aliphatic carbocycles. The predicted molar refractivity (Wildman–Crippen MR) is 198 cm³/mol. The molecular weight excluding hydrogens is 640 g/mol. The lowest BCUT2D eigenvalue weighted by molar-refractivity contribution is 0.105. The van der Waals surface area contributed by atoms with E-state index in [0.29, 0.717) is 25.3 Å². The van der Waals surface area contributed by atoms with Gasteiger partial charge in [-0.05, 0) is 121 Å². The number of aromatic nitrogens is 6. The lowest BCUT2D eigenvalue weighted by Gasteiger charge is -2.05. The van der Waals surface area contributed by atoms with Crippen molar-refractivity contribution in [1.82, 2.24) is 29.9 Å². The van der Waals surface area contributed by atoms with Crippen molar-refractivity contribution in [3.05, 3.63) is 131 Å². The number of rotatable bonds is 14. The van der Waals surface area contributed by atoms with Crippen molar-refractivity contribution in [2.45, 2.75) is 60.3 Å². The van der Waals surface area contributed by atoms with Gasteiger partial charge < -0.3 is 9.68 Å². The molecule has 0 bridgehead atoms. The zero-order valence-corrected chi connectivity index (χ0v) is 29.7. The monoisotopic (exact) mass is 682 g/mol. The number of aryl methyl sites for hydroxylation is 5. The molecule has 5 aromatic heterocycles. The lowest BCUT2D eigenvalue weighted by Crippen LogP contribution is -2.03. The fraction of sp³-hybridized carbons (Fsp3) is 0.275. The number of carbonyl (C=O) groups excluding carboxylic acids is 1. The molecule has 0 spiro atoms. The van der Waals surface area contributed by atoms with Crippen LogP contribution in [0.5, 0.6) is 0 Å². The molecule has 11 heteroatoms. The smallest absolute Gasteiger partial charge is 0.253 e. The van der Waals surface area contributed by atoms with E-state index in [0.717, 1.165) is 82.1 Å². The predicted octanol–water partition coefficient (Wildman–Crippen LogP) is 6.90. The zero-order valence-electron chi connectivity index (χ0n) is 29.7. The van der Waals surface area contributed by atoms with Crippen LogP contribution in [0.1, 0.15) is 77.2 Å². The Hall–Kier alpha value is -6.15. The molecule has 0 N–H and O–H groups in total. The molecule has 5 rings (SSSR count). The van der Waals surface area contributed by atoms with Gasteiger partial charge in [0.2, 0.25) is 0 Å². The minimum absolute atomic E-state index is 0.301. The van der Waals surface area contributed by atoms with Gasteiger partial charge in [-0.2, -0.15) is 0 Å². The summed E-state index contributed by atoms with van der Waals surface area (Å²) in [5.74, 6) is 2.40. The molecule has 0 aromatic carbocycles. The minimum Gasteiger partial charge on any atom is -0.396 e. The molecule has 5 aromatic rings. The van der Waals surface area contributed by atoms with E-state index in [1.807, 2.05) is 101 Å². The highest BCUT2D eigenvalue weighted by atomic mass is 16.6. The minimum atomic E-state index is -0.404. The number of hydrogen-bond donors (Lipinski definition) is 0. The summed E-state index contributed by atoms with van der Waals surface area (Å²) in [6.07, 6.45) is 9.92. The van der Waals surface area contributed by atoms with Gasteiger partial charge in [0.05, 0.1) is 22.8 Å². The average molecular weight is 683 g/mol. The van der Waals surface area contributed by atoms with Crippen molar-refractivity contribution in [3.8, 4) is 23.7 Å². The molecule has 0 saturated heterocycles. The van der Waals surface area contributed by atoms with Crippen molar-refractivity contribution < 1.29 is 14.5 Å². The van der Waals surface area contributed by atoms with Gasteiger partial charge >= 0.3 is 0 Å². The van der Waals surface area contributed by atoms with E-state index in [1.165, 1.54) is 0 Å². The second kappa shape index (κ2) is 19.7. The van der Waals surface area contributed by atoms with Gasteiger partial charge in [0.15, 0.2) is 0 Å². The quantitative estimate of drug-likeness (QED) is 0.0306. The number of carbonyl (C=O) groups is 1. The summed E-state index contributed by atoms with van der Waals surface area (Å²) in [6.45, 7) is 10.5. The number of ketones is 1. The number of oxime groups is 2.